The van der Waals surface area contributed by atoms with E-state index in [1.54, 1.807) is 0 Å². The quantitative estimate of drug-likeness (QED) is 0.387. The number of nitrogens with one attached hydrogen (secondary N) is 1. The molecule has 1 N–H and O–H groups in total. The highest BCUT2D eigenvalue weighted by Crippen LogP contribution is 2.26. The maximum atomic E-state index is 11.9. The molecule has 21 heavy (non-hydrogen) atoms. The van der Waals surface area contributed by atoms with Crippen LogP contribution in [0.15, 0.2) is 0 Å². The van der Waals surface area contributed by atoms with Crippen LogP contribution in [0.4, 0.5) is 0 Å². The van der Waals surface area contributed by atoms with Gasteiger partial charge in [0.25, 0.3) is 0 Å². The number of Topliss-reactive ketones (excluding diaryl/α,β-unsaturated/α-hetero) is 1. The molecular formula is C10H16Cl3NO6S. The number of rotatable bonds is 8. The van der Waals surface area contributed by atoms with Gasteiger partial charge in [-0.1, -0.05) is 41.7 Å². The summed E-state index contributed by atoms with van der Waals surface area (Å²) >= 11 is 16.1. The van der Waals surface area contributed by atoms with E-state index in [-0.39, 0.29) is 13.0 Å². The van der Waals surface area contributed by atoms with Crippen LogP contribution in [0, 0.1) is 0 Å². The minimum atomic E-state index is -4.52. The molecule has 0 spiro atoms. The molecule has 0 heterocycles. The van der Waals surface area contributed by atoms with E-state index >= 15 is 0 Å². The molecule has 124 valence electrons. The molecule has 7 nitrogen and oxygen atoms in total. The summed E-state index contributed by atoms with van der Waals surface area (Å²) in [5, 5.41) is 0. The fraction of sp³-hybridized carbons (Fsp3) is 0.800. The van der Waals surface area contributed by atoms with Crippen LogP contribution in [0.2, 0.25) is 0 Å². The maximum absolute atomic E-state index is 11.9. The Morgan fingerprint density at radius 2 is 1.71 bits per heavy atom. The summed E-state index contributed by atoms with van der Waals surface area (Å²) < 4.78 is 32.5. The lowest BCUT2D eigenvalue weighted by molar-refractivity contribution is -0.153. The summed E-state index contributed by atoms with van der Waals surface area (Å²) in [6.07, 6.45) is -0.0950. The third kappa shape index (κ3) is 7.12. The number of halogens is 3. The van der Waals surface area contributed by atoms with Gasteiger partial charge in [-0.2, -0.15) is 13.1 Å². The lowest BCUT2D eigenvalue weighted by Gasteiger charge is -2.26. The van der Waals surface area contributed by atoms with Crippen molar-refractivity contribution in [3.8, 4) is 0 Å². The number of hydrogen-bond donors (Lipinski definition) is 1. The highest BCUT2D eigenvalue weighted by molar-refractivity contribution is 7.84. The average molecular weight is 385 g/mol. The van der Waals surface area contributed by atoms with Gasteiger partial charge in [0.05, 0.1) is 6.61 Å². The number of ether oxygens (including phenoxy) is 1. The van der Waals surface area contributed by atoms with E-state index in [1.165, 1.54) is 13.8 Å². The Morgan fingerprint density at radius 1 is 1.19 bits per heavy atom. The van der Waals surface area contributed by atoms with Crippen LogP contribution in [0.3, 0.4) is 0 Å². The number of esters is 1. The van der Waals surface area contributed by atoms with Crippen molar-refractivity contribution in [1.82, 2.24) is 4.72 Å². The predicted molar refractivity (Wildman–Crippen MR) is 78.6 cm³/mol. The van der Waals surface area contributed by atoms with Crippen LogP contribution >= 0.6 is 34.8 Å². The molecule has 0 radical (unpaired) electrons. The van der Waals surface area contributed by atoms with Gasteiger partial charge in [0.15, 0.2) is 11.3 Å². The zero-order chi connectivity index (χ0) is 16.9. The van der Waals surface area contributed by atoms with E-state index in [0.717, 1.165) is 6.92 Å². The van der Waals surface area contributed by atoms with Crippen molar-refractivity contribution in [2.24, 2.45) is 0 Å². The number of alkyl halides is 3. The van der Waals surface area contributed by atoms with Crippen molar-refractivity contribution >= 4 is 56.9 Å². The van der Waals surface area contributed by atoms with Gasteiger partial charge in [-0.3, -0.25) is 8.98 Å². The van der Waals surface area contributed by atoms with Crippen molar-refractivity contribution in [2.45, 2.75) is 36.5 Å². The molecule has 0 bridgehead atoms. The van der Waals surface area contributed by atoms with Gasteiger partial charge in [0.1, 0.15) is 6.61 Å². The molecule has 0 rings (SSSR count). The molecule has 0 aliphatic carbocycles. The third-order valence-corrected chi connectivity index (χ3v) is 3.68. The topological polar surface area (TPSA) is 98.8 Å². The second-order valence-electron chi connectivity index (χ2n) is 4.06. The fourth-order valence-electron chi connectivity index (χ4n) is 1.27. The smallest absolute Gasteiger partial charge is 0.337 e. The Labute approximate surface area is 138 Å². The molecule has 0 saturated carbocycles. The van der Waals surface area contributed by atoms with E-state index in [2.05, 4.69) is 4.18 Å². The summed E-state index contributed by atoms with van der Waals surface area (Å²) in [6.45, 7) is 3.25. The van der Waals surface area contributed by atoms with E-state index in [1.807, 2.05) is 4.72 Å². The summed E-state index contributed by atoms with van der Waals surface area (Å²) in [4.78, 5) is 23.7. The maximum Gasteiger partial charge on any atom is 0.337 e. The van der Waals surface area contributed by atoms with Gasteiger partial charge in [-0.15, -0.1) is 0 Å². The monoisotopic (exact) mass is 383 g/mol. The van der Waals surface area contributed by atoms with E-state index < -0.39 is 38.0 Å². The van der Waals surface area contributed by atoms with E-state index in [0.29, 0.717) is 0 Å². The van der Waals surface area contributed by atoms with Crippen LogP contribution in [0.5, 0.6) is 0 Å². The van der Waals surface area contributed by atoms with Crippen LogP contribution < -0.4 is 4.72 Å². The average Bonchev–Trinajstić information content (AvgIpc) is 2.34. The second kappa shape index (κ2) is 7.94. The Bertz CT molecular complexity index is 490. The first kappa shape index (κ1) is 20.9. The molecular weight excluding hydrogens is 369 g/mol. The van der Waals surface area contributed by atoms with Gasteiger partial charge >= 0.3 is 16.3 Å². The number of ketones is 1. The van der Waals surface area contributed by atoms with Gasteiger partial charge < -0.3 is 4.74 Å². The Morgan fingerprint density at radius 3 is 2.10 bits per heavy atom. The molecule has 0 aliphatic rings. The molecule has 0 aromatic rings. The van der Waals surface area contributed by atoms with Crippen molar-refractivity contribution in [2.75, 3.05) is 13.2 Å². The van der Waals surface area contributed by atoms with Gasteiger partial charge in [0.2, 0.25) is 3.79 Å². The van der Waals surface area contributed by atoms with Crippen LogP contribution in [0.25, 0.3) is 0 Å². The number of carbonyl (C=O) groups is 2. The van der Waals surface area contributed by atoms with Crippen molar-refractivity contribution in [1.29, 1.82) is 0 Å². The van der Waals surface area contributed by atoms with Gasteiger partial charge in [0, 0.05) is 6.42 Å². The lowest BCUT2D eigenvalue weighted by atomic mass is 9.96. The molecule has 0 amide bonds. The third-order valence-electron chi connectivity index (χ3n) is 2.27. The molecule has 0 aliphatic heterocycles. The molecule has 0 aromatic heterocycles. The molecule has 0 fully saturated rings. The zero-order valence-electron chi connectivity index (χ0n) is 11.6. The van der Waals surface area contributed by atoms with Crippen molar-refractivity contribution < 1.29 is 26.9 Å². The van der Waals surface area contributed by atoms with Crippen molar-refractivity contribution in [3.05, 3.63) is 0 Å². The first-order valence-corrected chi connectivity index (χ1v) is 8.37. The molecule has 11 heteroatoms. The van der Waals surface area contributed by atoms with Crippen LogP contribution in [-0.2, 0) is 28.8 Å². The summed E-state index contributed by atoms with van der Waals surface area (Å²) in [7, 11) is -4.52. The van der Waals surface area contributed by atoms with Gasteiger partial charge in [-0.25, -0.2) is 4.79 Å². The molecule has 0 aromatic carbocycles. The second-order valence-corrected chi connectivity index (χ2v) is 7.92. The first-order chi connectivity index (χ1) is 9.38. The van der Waals surface area contributed by atoms with E-state index in [4.69, 9.17) is 39.5 Å². The number of hydrogen-bond acceptors (Lipinski definition) is 6. The minimum Gasteiger partial charge on any atom is -0.464 e. The van der Waals surface area contributed by atoms with Gasteiger partial charge in [-0.05, 0) is 13.8 Å². The standard InChI is InChI=1S/C10H16Cl3NO6S/c1-4-7(15)9(3,8(16)19-5-2)14-21(17,18)20-6-10(11,12)13/h14H,4-6H2,1-3H3. The fourth-order valence-corrected chi connectivity index (χ4v) is 2.71. The normalized spacial score (nSPS) is 15.3. The number of carbonyl (C=O) groups excluding carboxylic acids is 2. The molecule has 1 unspecified atom stereocenters. The Kier molecular flexibility index (Phi) is 7.89. The molecule has 0 saturated heterocycles. The summed E-state index contributed by atoms with van der Waals surface area (Å²) in [5.74, 6) is -1.74. The SMILES string of the molecule is CCOC(=O)C(C)(NS(=O)(=O)OCC(Cl)(Cl)Cl)C(=O)CC. The largest absolute Gasteiger partial charge is 0.464 e. The minimum absolute atomic E-state index is 0.0256. The highest BCUT2D eigenvalue weighted by Gasteiger charge is 2.45. The Hall–Kier alpha value is -0.120. The van der Waals surface area contributed by atoms with E-state index in [9.17, 15) is 18.0 Å². The Balaban J connectivity index is 5.22. The van der Waals surface area contributed by atoms with Crippen LogP contribution in [0.1, 0.15) is 27.2 Å². The summed E-state index contributed by atoms with van der Waals surface area (Å²) in [6, 6.07) is 0. The summed E-state index contributed by atoms with van der Waals surface area (Å²) in [5.41, 5.74) is -2.11. The highest BCUT2D eigenvalue weighted by atomic mass is 35.6. The first-order valence-electron chi connectivity index (χ1n) is 5.83. The van der Waals surface area contributed by atoms with Crippen molar-refractivity contribution in [3.63, 3.8) is 0 Å². The predicted octanol–water partition coefficient (Wildman–Crippen LogP) is 1.51. The zero-order valence-corrected chi connectivity index (χ0v) is 14.7. The molecule has 1 atom stereocenters. The lowest BCUT2D eigenvalue weighted by Crippen LogP contribution is -2.58. The van der Waals surface area contributed by atoms with Crippen LogP contribution in [-0.4, -0.2) is 42.7 Å².